The van der Waals surface area contributed by atoms with E-state index in [1.165, 1.54) is 12.3 Å². The Balaban J connectivity index is 1.63. The zero-order chi connectivity index (χ0) is 18.4. The van der Waals surface area contributed by atoms with Crippen molar-refractivity contribution in [1.82, 2.24) is 5.23 Å². The molecule has 144 valence electrons. The molecular weight excluding hydrogens is 338 g/mol. The van der Waals surface area contributed by atoms with Gasteiger partial charge in [0.05, 0.1) is 25.9 Å². The average Bonchev–Trinajstić information content (AvgIpc) is 3.11. The van der Waals surface area contributed by atoms with Gasteiger partial charge in [0.25, 0.3) is 0 Å². The van der Waals surface area contributed by atoms with E-state index < -0.39 is 18.4 Å². The van der Waals surface area contributed by atoms with E-state index in [-0.39, 0.29) is 12.1 Å². The number of carbonyl (C=O) groups is 1. The lowest BCUT2D eigenvalue weighted by Gasteiger charge is -2.37. The van der Waals surface area contributed by atoms with Crippen LogP contribution in [0.1, 0.15) is 38.2 Å². The van der Waals surface area contributed by atoms with Gasteiger partial charge in [-0.3, -0.25) is 4.84 Å². The van der Waals surface area contributed by atoms with Crippen LogP contribution in [0.25, 0.3) is 0 Å². The van der Waals surface area contributed by atoms with Gasteiger partial charge in [0.15, 0.2) is 12.4 Å². The molecule has 1 aromatic carbocycles. The van der Waals surface area contributed by atoms with Crippen molar-refractivity contribution in [3.05, 3.63) is 35.9 Å². The zero-order valence-corrected chi connectivity index (χ0v) is 15.3. The fourth-order valence-electron chi connectivity index (χ4n) is 3.13. The molecule has 7 heteroatoms. The maximum absolute atomic E-state index is 11.8. The molecule has 2 aliphatic heterocycles. The number of benzene rings is 1. The molecule has 0 saturated carbocycles. The minimum atomic E-state index is -0.679. The number of hydroxylamine groups is 2. The summed E-state index contributed by atoms with van der Waals surface area (Å²) in [5.74, 6) is -0.409. The number of fused-ring (bicyclic) bond motifs is 1. The number of hydrogen-bond acceptors (Lipinski definition) is 7. The molecule has 0 amide bonds. The Morgan fingerprint density at radius 3 is 2.73 bits per heavy atom. The lowest BCUT2D eigenvalue weighted by molar-refractivity contribution is -0.445. The summed E-state index contributed by atoms with van der Waals surface area (Å²) >= 11 is 0. The molecule has 0 bridgehead atoms. The van der Waals surface area contributed by atoms with Crippen LogP contribution in [-0.2, 0) is 35.3 Å². The summed E-state index contributed by atoms with van der Waals surface area (Å²) in [6, 6.07) is 9.82. The Morgan fingerprint density at radius 1 is 1.19 bits per heavy atom. The molecule has 0 spiro atoms. The minimum Gasteiger partial charge on any atom is -0.467 e. The maximum Gasteiger partial charge on any atom is 0.337 e. The molecule has 0 aliphatic carbocycles. The Hall–Kier alpha value is -1.51. The smallest absolute Gasteiger partial charge is 0.337 e. The summed E-state index contributed by atoms with van der Waals surface area (Å²) in [7, 11) is 1.35. The summed E-state index contributed by atoms with van der Waals surface area (Å²) in [5.41, 5.74) is 1.09. The van der Waals surface area contributed by atoms with Gasteiger partial charge in [-0.05, 0) is 12.0 Å². The number of ether oxygens (including phenoxy) is 3. The second-order valence-electron chi connectivity index (χ2n) is 6.54. The standard InChI is InChI=1S/C19H27NO6/c1-3-4-10-23-18-12-16(24-13-14-8-6-5-7-9-14)15-11-17(19(21)22-2)25-20(15)26-18/h5-9,15-18H,3-4,10-13H2,1-2H3/t15-,16+,17+,18+/m0/s1. The molecule has 0 unspecified atom stereocenters. The van der Waals surface area contributed by atoms with Gasteiger partial charge >= 0.3 is 5.97 Å². The highest BCUT2D eigenvalue weighted by Gasteiger charge is 2.48. The maximum atomic E-state index is 11.8. The fraction of sp³-hybridized carbons (Fsp3) is 0.632. The summed E-state index contributed by atoms with van der Waals surface area (Å²) in [6.45, 7) is 3.21. The van der Waals surface area contributed by atoms with Crippen molar-refractivity contribution in [2.75, 3.05) is 13.7 Å². The first-order valence-corrected chi connectivity index (χ1v) is 9.19. The van der Waals surface area contributed by atoms with Crippen molar-refractivity contribution in [2.24, 2.45) is 0 Å². The van der Waals surface area contributed by atoms with Crippen molar-refractivity contribution >= 4 is 5.97 Å². The highest BCUT2D eigenvalue weighted by molar-refractivity contribution is 5.74. The van der Waals surface area contributed by atoms with Gasteiger partial charge < -0.3 is 14.2 Å². The quantitative estimate of drug-likeness (QED) is 0.518. The topological polar surface area (TPSA) is 66.5 Å². The van der Waals surface area contributed by atoms with Gasteiger partial charge in [-0.15, -0.1) is 0 Å². The molecule has 2 heterocycles. The van der Waals surface area contributed by atoms with E-state index in [9.17, 15) is 4.79 Å². The van der Waals surface area contributed by atoms with Crippen molar-refractivity contribution in [3.63, 3.8) is 0 Å². The number of hydrogen-bond donors (Lipinski definition) is 0. The summed E-state index contributed by atoms with van der Waals surface area (Å²) in [4.78, 5) is 23.2. The van der Waals surface area contributed by atoms with Crippen LogP contribution in [0.5, 0.6) is 0 Å². The molecule has 26 heavy (non-hydrogen) atoms. The van der Waals surface area contributed by atoms with Crippen LogP contribution in [0.3, 0.4) is 0 Å². The van der Waals surface area contributed by atoms with E-state index in [0.717, 1.165) is 18.4 Å². The molecule has 0 aromatic heterocycles. The third kappa shape index (κ3) is 4.81. The molecule has 0 N–H and O–H groups in total. The molecule has 2 fully saturated rings. The average molecular weight is 365 g/mol. The van der Waals surface area contributed by atoms with E-state index in [4.69, 9.17) is 23.9 Å². The number of nitrogens with zero attached hydrogens (tertiary/aromatic N) is 1. The van der Waals surface area contributed by atoms with Crippen LogP contribution < -0.4 is 0 Å². The van der Waals surface area contributed by atoms with E-state index in [2.05, 4.69) is 6.92 Å². The van der Waals surface area contributed by atoms with Crippen molar-refractivity contribution in [1.29, 1.82) is 0 Å². The second-order valence-corrected chi connectivity index (χ2v) is 6.54. The third-order valence-corrected chi connectivity index (χ3v) is 4.61. The number of carbonyl (C=O) groups excluding carboxylic acids is 1. The van der Waals surface area contributed by atoms with Crippen molar-refractivity contribution < 1.29 is 28.7 Å². The summed E-state index contributed by atoms with van der Waals surface area (Å²) < 4.78 is 16.7. The lowest BCUT2D eigenvalue weighted by atomic mass is 10.0. The van der Waals surface area contributed by atoms with Crippen molar-refractivity contribution in [3.8, 4) is 0 Å². The van der Waals surface area contributed by atoms with E-state index in [0.29, 0.717) is 26.1 Å². The van der Waals surface area contributed by atoms with E-state index >= 15 is 0 Å². The predicted octanol–water partition coefficient (Wildman–Crippen LogP) is 2.60. The molecule has 3 rings (SSSR count). The number of rotatable bonds is 8. The zero-order valence-electron chi connectivity index (χ0n) is 15.3. The Morgan fingerprint density at radius 2 is 2.00 bits per heavy atom. The lowest BCUT2D eigenvalue weighted by Crippen LogP contribution is -2.49. The summed E-state index contributed by atoms with van der Waals surface area (Å²) in [6.07, 6.45) is 1.78. The number of unbranched alkanes of at least 4 members (excludes halogenated alkanes) is 1. The molecule has 7 nitrogen and oxygen atoms in total. The van der Waals surface area contributed by atoms with Gasteiger partial charge in [-0.2, -0.15) is 0 Å². The first-order chi connectivity index (χ1) is 12.7. The Bertz CT molecular complexity index is 568. The highest BCUT2D eigenvalue weighted by Crippen LogP contribution is 2.34. The number of esters is 1. The van der Waals surface area contributed by atoms with Crippen LogP contribution in [-0.4, -0.2) is 49.5 Å². The van der Waals surface area contributed by atoms with E-state index in [1.807, 2.05) is 30.3 Å². The van der Waals surface area contributed by atoms with Gasteiger partial charge in [-0.25, -0.2) is 9.63 Å². The molecule has 4 atom stereocenters. The van der Waals surface area contributed by atoms with Crippen molar-refractivity contribution in [2.45, 2.75) is 63.8 Å². The van der Waals surface area contributed by atoms with Gasteiger partial charge in [0, 0.05) is 19.4 Å². The van der Waals surface area contributed by atoms with Crippen LogP contribution in [0.15, 0.2) is 30.3 Å². The predicted molar refractivity (Wildman–Crippen MR) is 92.5 cm³/mol. The molecular formula is C19H27NO6. The van der Waals surface area contributed by atoms with Crippen LogP contribution >= 0.6 is 0 Å². The number of methoxy groups -OCH3 is 1. The largest absolute Gasteiger partial charge is 0.467 e. The van der Waals surface area contributed by atoms with Gasteiger partial charge in [0.1, 0.15) is 0 Å². The molecule has 2 saturated heterocycles. The fourth-order valence-corrected chi connectivity index (χ4v) is 3.13. The Labute approximate surface area is 154 Å². The van der Waals surface area contributed by atoms with Crippen LogP contribution in [0, 0.1) is 0 Å². The Kier molecular flexibility index (Phi) is 6.99. The molecule has 0 radical (unpaired) electrons. The van der Waals surface area contributed by atoms with Gasteiger partial charge in [-0.1, -0.05) is 48.9 Å². The SMILES string of the molecule is CCCCO[C@H]1C[C@@H](OCc2ccccc2)[C@@H]2C[C@H](C(=O)OC)ON2O1. The van der Waals surface area contributed by atoms with Crippen LogP contribution in [0.2, 0.25) is 0 Å². The van der Waals surface area contributed by atoms with Gasteiger partial charge in [0.2, 0.25) is 0 Å². The minimum absolute atomic E-state index is 0.162. The monoisotopic (exact) mass is 365 g/mol. The second kappa shape index (κ2) is 9.43. The van der Waals surface area contributed by atoms with Crippen LogP contribution in [0.4, 0.5) is 0 Å². The summed E-state index contributed by atoms with van der Waals surface area (Å²) in [5, 5.41) is 1.37. The van der Waals surface area contributed by atoms with E-state index in [1.54, 1.807) is 0 Å². The molecule has 2 aliphatic rings. The first kappa shape index (κ1) is 19.3. The highest BCUT2D eigenvalue weighted by atomic mass is 17.0. The third-order valence-electron chi connectivity index (χ3n) is 4.61. The first-order valence-electron chi connectivity index (χ1n) is 9.19. The normalized spacial score (nSPS) is 28.7. The molecule has 1 aromatic rings.